The van der Waals surface area contributed by atoms with Crippen molar-refractivity contribution < 1.29 is 9.18 Å². The number of piperazine rings is 1. The van der Waals surface area contributed by atoms with Gasteiger partial charge in [0.05, 0.1) is 4.88 Å². The lowest BCUT2D eigenvalue weighted by molar-refractivity contribution is 0.0731. The van der Waals surface area contributed by atoms with Gasteiger partial charge in [-0.1, -0.05) is 29.8 Å². The second-order valence-corrected chi connectivity index (χ2v) is 9.44. The minimum atomic E-state index is -0.312. The van der Waals surface area contributed by atoms with Crippen LogP contribution in [0.1, 0.15) is 22.2 Å². The largest absolute Gasteiger partial charge is 0.365 e. The molecule has 1 fully saturated rings. The van der Waals surface area contributed by atoms with Crippen LogP contribution in [0.3, 0.4) is 0 Å². The zero-order valence-corrected chi connectivity index (χ0v) is 19.2. The first-order valence-electron chi connectivity index (χ1n) is 10.8. The summed E-state index contributed by atoms with van der Waals surface area (Å²) in [5, 5.41) is 5.33. The van der Waals surface area contributed by atoms with Crippen molar-refractivity contribution in [2.45, 2.75) is 19.9 Å². The molecule has 1 saturated heterocycles. The lowest BCUT2D eigenvalue weighted by atomic mass is 10.1. The Kier molecular flexibility index (Phi) is 5.21. The van der Waals surface area contributed by atoms with E-state index >= 15 is 0 Å². The zero-order chi connectivity index (χ0) is 22.4. The first kappa shape index (κ1) is 20.7. The van der Waals surface area contributed by atoms with Crippen molar-refractivity contribution in [3.63, 3.8) is 0 Å². The molecule has 5 nitrogen and oxygen atoms in total. The summed E-state index contributed by atoms with van der Waals surface area (Å²) in [4.78, 5) is 19.2. The predicted molar refractivity (Wildman–Crippen MR) is 128 cm³/mol. The Balaban J connectivity index is 1.39. The van der Waals surface area contributed by atoms with Crippen LogP contribution in [-0.2, 0) is 7.05 Å². The highest BCUT2D eigenvalue weighted by Gasteiger charge is 2.29. The third kappa shape index (κ3) is 3.56. The van der Waals surface area contributed by atoms with E-state index in [1.54, 1.807) is 22.9 Å². The van der Waals surface area contributed by atoms with E-state index < -0.39 is 0 Å². The molecule has 0 aliphatic carbocycles. The Morgan fingerprint density at radius 1 is 1.12 bits per heavy atom. The third-order valence-electron chi connectivity index (χ3n) is 6.13. The fourth-order valence-electron chi connectivity index (χ4n) is 4.42. The van der Waals surface area contributed by atoms with Crippen LogP contribution in [0.25, 0.3) is 21.5 Å². The lowest BCUT2D eigenvalue weighted by Crippen LogP contribution is -2.53. The third-order valence-corrected chi connectivity index (χ3v) is 7.32. The van der Waals surface area contributed by atoms with Gasteiger partial charge in [0.1, 0.15) is 16.3 Å². The summed E-state index contributed by atoms with van der Waals surface area (Å²) in [6.45, 7) is 6.37. The van der Waals surface area contributed by atoms with Crippen molar-refractivity contribution in [3.8, 4) is 11.3 Å². The maximum absolute atomic E-state index is 14.4. The number of hydrogen-bond donors (Lipinski definition) is 0. The Bertz CT molecular complexity index is 1290. The van der Waals surface area contributed by atoms with Gasteiger partial charge in [0, 0.05) is 49.4 Å². The molecule has 1 unspecified atom stereocenters. The second kappa shape index (κ2) is 8.06. The van der Waals surface area contributed by atoms with Crippen molar-refractivity contribution in [1.29, 1.82) is 0 Å². The van der Waals surface area contributed by atoms with E-state index in [0.29, 0.717) is 29.2 Å². The SMILES string of the molecule is Cc1ccc(N2CCN(C(=O)c3cc4c(-c5ccccc5F)nn(C)c4s3)CC2C)cc1. The molecular formula is C25H25FN4OS. The standard InChI is InChI=1S/C25H25FN4OS/c1-16-8-10-18(11-9-16)30-13-12-29(15-17(30)2)24(31)22-14-20-23(27-28(3)25(20)32-22)19-6-4-5-7-21(19)26/h4-11,14,17H,12-13,15H2,1-3H3. The monoisotopic (exact) mass is 448 g/mol. The molecular weight excluding hydrogens is 423 g/mol. The number of fused-ring (bicyclic) bond motifs is 1. The van der Waals surface area contributed by atoms with Gasteiger partial charge in [0.15, 0.2) is 0 Å². The fraction of sp³-hybridized carbons (Fsp3) is 0.280. The number of aromatic nitrogens is 2. The molecule has 7 heteroatoms. The van der Waals surface area contributed by atoms with Gasteiger partial charge in [0.2, 0.25) is 0 Å². The normalized spacial score (nSPS) is 16.7. The molecule has 0 saturated carbocycles. The number of benzene rings is 2. The summed E-state index contributed by atoms with van der Waals surface area (Å²) in [6, 6.07) is 17.3. The zero-order valence-electron chi connectivity index (χ0n) is 18.4. The number of rotatable bonds is 3. The van der Waals surface area contributed by atoms with E-state index in [2.05, 4.69) is 48.1 Å². The van der Waals surface area contributed by atoms with Crippen molar-refractivity contribution >= 4 is 33.1 Å². The average molecular weight is 449 g/mol. The number of hydrogen-bond acceptors (Lipinski definition) is 4. The van der Waals surface area contributed by atoms with Gasteiger partial charge in [-0.2, -0.15) is 5.10 Å². The number of nitrogens with zero attached hydrogens (tertiary/aromatic N) is 4. The summed E-state index contributed by atoms with van der Waals surface area (Å²) in [7, 11) is 1.83. The minimum Gasteiger partial charge on any atom is -0.365 e. The van der Waals surface area contributed by atoms with E-state index in [0.717, 1.165) is 16.8 Å². The van der Waals surface area contributed by atoms with Crippen molar-refractivity contribution in [3.05, 3.63) is 70.9 Å². The molecule has 1 aliphatic rings. The van der Waals surface area contributed by atoms with Crippen LogP contribution in [0.15, 0.2) is 54.6 Å². The topological polar surface area (TPSA) is 41.4 Å². The van der Waals surface area contributed by atoms with Gasteiger partial charge in [-0.15, -0.1) is 11.3 Å². The van der Waals surface area contributed by atoms with Crippen LogP contribution in [0.2, 0.25) is 0 Å². The second-order valence-electron chi connectivity index (χ2n) is 8.41. The molecule has 4 aromatic rings. The molecule has 5 rings (SSSR count). The van der Waals surface area contributed by atoms with Crippen LogP contribution >= 0.6 is 11.3 Å². The maximum atomic E-state index is 14.4. The fourth-order valence-corrected chi connectivity index (χ4v) is 5.46. The Hall–Kier alpha value is -3.19. The summed E-state index contributed by atoms with van der Waals surface area (Å²) < 4.78 is 16.1. The van der Waals surface area contributed by atoms with E-state index in [4.69, 9.17) is 0 Å². The van der Waals surface area contributed by atoms with Gasteiger partial charge in [0.25, 0.3) is 5.91 Å². The molecule has 2 aromatic heterocycles. The number of anilines is 1. The number of aryl methyl sites for hydroxylation is 2. The molecule has 0 bridgehead atoms. The van der Waals surface area contributed by atoms with Gasteiger partial charge in [-0.3, -0.25) is 9.48 Å². The van der Waals surface area contributed by atoms with Crippen LogP contribution < -0.4 is 4.90 Å². The van der Waals surface area contributed by atoms with E-state index in [9.17, 15) is 9.18 Å². The molecule has 1 aliphatic heterocycles. The van der Waals surface area contributed by atoms with Crippen LogP contribution in [0.4, 0.5) is 10.1 Å². The van der Waals surface area contributed by atoms with E-state index in [-0.39, 0.29) is 17.8 Å². The van der Waals surface area contributed by atoms with Crippen molar-refractivity contribution in [2.75, 3.05) is 24.5 Å². The maximum Gasteiger partial charge on any atom is 0.264 e. The summed E-state index contributed by atoms with van der Waals surface area (Å²) in [6.07, 6.45) is 0. The predicted octanol–water partition coefficient (Wildman–Crippen LogP) is 5.10. The van der Waals surface area contributed by atoms with Gasteiger partial charge >= 0.3 is 0 Å². The summed E-state index contributed by atoms with van der Waals surface area (Å²) in [5.74, 6) is -0.284. The Morgan fingerprint density at radius 3 is 2.59 bits per heavy atom. The number of halogens is 1. The molecule has 1 amide bonds. The van der Waals surface area contributed by atoms with Crippen LogP contribution in [0.5, 0.6) is 0 Å². The molecule has 1 atom stereocenters. The summed E-state index contributed by atoms with van der Waals surface area (Å²) >= 11 is 1.42. The summed E-state index contributed by atoms with van der Waals surface area (Å²) in [5.41, 5.74) is 3.46. The highest BCUT2D eigenvalue weighted by atomic mass is 32.1. The molecule has 0 spiro atoms. The number of carbonyl (C=O) groups is 1. The first-order chi connectivity index (χ1) is 15.4. The van der Waals surface area contributed by atoms with Gasteiger partial charge in [-0.05, 0) is 44.2 Å². The average Bonchev–Trinajstić information content (AvgIpc) is 3.35. The molecule has 3 heterocycles. The first-order valence-corrected chi connectivity index (χ1v) is 11.6. The molecule has 0 N–H and O–H groups in total. The molecule has 0 radical (unpaired) electrons. The Morgan fingerprint density at radius 2 is 1.88 bits per heavy atom. The highest BCUT2D eigenvalue weighted by Crippen LogP contribution is 2.35. The highest BCUT2D eigenvalue weighted by molar-refractivity contribution is 7.20. The number of carbonyl (C=O) groups excluding carboxylic acids is 1. The van der Waals surface area contributed by atoms with Crippen LogP contribution in [0, 0.1) is 12.7 Å². The molecule has 2 aromatic carbocycles. The smallest absolute Gasteiger partial charge is 0.264 e. The van der Waals surface area contributed by atoms with E-state index in [1.165, 1.54) is 28.7 Å². The minimum absolute atomic E-state index is 0.0288. The molecule has 164 valence electrons. The van der Waals surface area contributed by atoms with Gasteiger partial charge < -0.3 is 9.80 Å². The van der Waals surface area contributed by atoms with E-state index in [1.807, 2.05) is 18.0 Å². The van der Waals surface area contributed by atoms with Crippen LogP contribution in [-0.4, -0.2) is 46.3 Å². The van der Waals surface area contributed by atoms with Crippen molar-refractivity contribution in [2.24, 2.45) is 7.05 Å². The molecule has 32 heavy (non-hydrogen) atoms. The number of thiophene rings is 1. The quantitative estimate of drug-likeness (QED) is 0.438. The van der Waals surface area contributed by atoms with Crippen molar-refractivity contribution in [1.82, 2.24) is 14.7 Å². The number of amides is 1. The van der Waals surface area contributed by atoms with Gasteiger partial charge in [-0.25, -0.2) is 4.39 Å². The lowest BCUT2D eigenvalue weighted by Gasteiger charge is -2.41. The Labute approximate surface area is 190 Å².